The van der Waals surface area contributed by atoms with E-state index in [4.69, 9.17) is 27.9 Å². The van der Waals surface area contributed by atoms with Gasteiger partial charge in [0.25, 0.3) is 0 Å². The Hall–Kier alpha value is -1.55. The van der Waals surface area contributed by atoms with Gasteiger partial charge in [0, 0.05) is 4.47 Å². The summed E-state index contributed by atoms with van der Waals surface area (Å²) in [6, 6.07) is 8.75. The smallest absolute Gasteiger partial charge is 0.151 e. The standard InChI is InChI=1S/C28H25BrCl2FN3O2S/c29-17-10-22(32)25-24(11-17)38-27(34-25)28(36)15-6-7-16(28)9-18(8-15)37-13-23-19(14-4-5-14)12-33-35(23)26-20(30)2-1-3-21(26)31/h1-3,10-12,14-16,18,36H,4-9,13H2/t15-,16+,18?,28?. The van der Waals surface area contributed by atoms with Crippen molar-refractivity contribution in [3.63, 3.8) is 0 Å². The van der Waals surface area contributed by atoms with Crippen LogP contribution in [0.4, 0.5) is 4.39 Å². The predicted molar refractivity (Wildman–Crippen MR) is 151 cm³/mol. The largest absolute Gasteiger partial charge is 0.382 e. The number of para-hydroxylation sites is 1. The fraction of sp³-hybridized carbons (Fsp3) is 0.429. The molecular formula is C28H25BrCl2FN3O2S. The van der Waals surface area contributed by atoms with Crippen molar-refractivity contribution < 1.29 is 14.2 Å². The Bertz CT molecular complexity index is 1520. The molecular weight excluding hydrogens is 612 g/mol. The topological polar surface area (TPSA) is 60.2 Å². The van der Waals surface area contributed by atoms with Gasteiger partial charge in [0.05, 0.1) is 39.3 Å². The van der Waals surface area contributed by atoms with E-state index < -0.39 is 5.60 Å². The van der Waals surface area contributed by atoms with E-state index >= 15 is 0 Å². The van der Waals surface area contributed by atoms with Crippen molar-refractivity contribution in [1.82, 2.24) is 14.8 Å². The summed E-state index contributed by atoms with van der Waals surface area (Å²) < 4.78 is 24.4. The summed E-state index contributed by atoms with van der Waals surface area (Å²) >= 11 is 17.8. The van der Waals surface area contributed by atoms with E-state index in [9.17, 15) is 9.50 Å². The maximum atomic E-state index is 14.5. The van der Waals surface area contributed by atoms with Crippen LogP contribution in [0.2, 0.25) is 10.0 Å². The Labute approximate surface area is 242 Å². The molecule has 4 atom stereocenters. The number of fused-ring (bicyclic) bond motifs is 3. The Morgan fingerprint density at radius 2 is 1.84 bits per heavy atom. The summed E-state index contributed by atoms with van der Waals surface area (Å²) in [4.78, 5) is 4.60. The number of rotatable bonds is 6. The molecule has 198 valence electrons. The highest BCUT2D eigenvalue weighted by molar-refractivity contribution is 9.10. The first-order chi connectivity index (χ1) is 18.3. The highest BCUT2D eigenvalue weighted by atomic mass is 79.9. The molecule has 3 aliphatic carbocycles. The fourth-order valence-corrected chi connectivity index (χ4v) is 8.87. The molecule has 2 unspecified atom stereocenters. The second-order valence-corrected chi connectivity index (χ2v) is 13.5. The molecule has 3 aliphatic rings. The highest BCUT2D eigenvalue weighted by Crippen LogP contribution is 2.57. The van der Waals surface area contributed by atoms with E-state index in [0.29, 0.717) is 43.3 Å². The zero-order valence-electron chi connectivity index (χ0n) is 20.3. The zero-order chi connectivity index (χ0) is 26.2. The van der Waals surface area contributed by atoms with Crippen LogP contribution in [0.1, 0.15) is 60.7 Å². The number of halogens is 4. The molecule has 2 heterocycles. The number of ether oxygens (including phenoxy) is 1. The minimum absolute atomic E-state index is 0.00477. The highest BCUT2D eigenvalue weighted by Gasteiger charge is 2.56. The van der Waals surface area contributed by atoms with Gasteiger partial charge >= 0.3 is 0 Å². The first-order valence-corrected chi connectivity index (χ1v) is 15.3. The van der Waals surface area contributed by atoms with Crippen molar-refractivity contribution in [2.45, 2.75) is 62.8 Å². The van der Waals surface area contributed by atoms with Crippen molar-refractivity contribution in [2.75, 3.05) is 0 Å². The second kappa shape index (κ2) is 9.53. The van der Waals surface area contributed by atoms with Crippen LogP contribution in [-0.4, -0.2) is 26.0 Å². The Morgan fingerprint density at radius 3 is 2.53 bits per heavy atom. The third-order valence-corrected chi connectivity index (χ3v) is 10.7. The maximum absolute atomic E-state index is 14.5. The zero-order valence-corrected chi connectivity index (χ0v) is 24.3. The molecule has 2 aromatic heterocycles. The summed E-state index contributed by atoms with van der Waals surface area (Å²) in [5, 5.41) is 18.3. The van der Waals surface area contributed by atoms with Gasteiger partial charge in [0.1, 0.15) is 21.8 Å². The number of aromatic nitrogens is 3. The molecule has 10 heteroatoms. The van der Waals surface area contributed by atoms with Gasteiger partial charge in [-0.3, -0.25) is 0 Å². The van der Waals surface area contributed by atoms with Crippen LogP contribution < -0.4 is 0 Å². The average Bonchev–Trinajstić information content (AvgIpc) is 3.46. The van der Waals surface area contributed by atoms with Gasteiger partial charge < -0.3 is 9.84 Å². The van der Waals surface area contributed by atoms with Gasteiger partial charge in [-0.05, 0) is 86.1 Å². The third kappa shape index (κ3) is 4.14. The average molecular weight is 637 g/mol. The monoisotopic (exact) mass is 635 g/mol. The van der Waals surface area contributed by atoms with Gasteiger partial charge in [-0.25, -0.2) is 14.1 Å². The Morgan fingerprint density at radius 1 is 1.13 bits per heavy atom. The SMILES string of the molecule is OC1(c2nc3c(F)cc(Br)cc3s2)[C@@H]2CC[C@H]1CC(OCc1c(C3CC3)cnn1-c1c(Cl)cccc1Cl)C2. The summed E-state index contributed by atoms with van der Waals surface area (Å²) in [5.41, 5.74) is 2.14. The van der Waals surface area contributed by atoms with Crippen molar-refractivity contribution in [3.05, 3.63) is 73.1 Å². The van der Waals surface area contributed by atoms with Gasteiger partial charge in [0.15, 0.2) is 5.82 Å². The lowest BCUT2D eigenvalue weighted by Crippen LogP contribution is -2.44. The van der Waals surface area contributed by atoms with E-state index in [1.807, 2.05) is 35.1 Å². The lowest BCUT2D eigenvalue weighted by molar-refractivity contribution is -0.116. The van der Waals surface area contributed by atoms with Crippen LogP contribution in [0.25, 0.3) is 15.9 Å². The summed E-state index contributed by atoms with van der Waals surface area (Å²) in [5.74, 6) is 0.163. The maximum Gasteiger partial charge on any atom is 0.151 e. The molecule has 0 amide bonds. The molecule has 2 bridgehead atoms. The number of nitrogens with zero attached hydrogens (tertiary/aromatic N) is 3. The normalized spacial score (nSPS) is 26.9. The number of hydrogen-bond acceptors (Lipinski definition) is 5. The lowest BCUT2D eigenvalue weighted by atomic mass is 9.73. The van der Waals surface area contributed by atoms with Gasteiger partial charge in [-0.1, -0.05) is 45.2 Å². The molecule has 5 nitrogen and oxygen atoms in total. The minimum atomic E-state index is -1.05. The molecule has 1 N–H and O–H groups in total. The number of hydrogen-bond donors (Lipinski definition) is 1. The molecule has 0 aliphatic heterocycles. The summed E-state index contributed by atoms with van der Waals surface area (Å²) in [6.07, 6.45) is 7.50. The second-order valence-electron chi connectivity index (χ2n) is 10.8. The summed E-state index contributed by atoms with van der Waals surface area (Å²) in [7, 11) is 0. The Kier molecular flexibility index (Phi) is 6.37. The van der Waals surface area contributed by atoms with E-state index in [1.54, 1.807) is 0 Å². The first-order valence-electron chi connectivity index (χ1n) is 12.9. The molecule has 7 rings (SSSR count). The van der Waals surface area contributed by atoms with Gasteiger partial charge in [-0.2, -0.15) is 5.10 Å². The van der Waals surface area contributed by atoms with Crippen LogP contribution in [-0.2, 0) is 16.9 Å². The van der Waals surface area contributed by atoms with E-state index in [1.165, 1.54) is 23.0 Å². The van der Waals surface area contributed by atoms with Gasteiger partial charge in [0.2, 0.25) is 0 Å². The molecule has 0 saturated heterocycles. The van der Waals surface area contributed by atoms with Crippen LogP contribution in [0.3, 0.4) is 0 Å². The molecule has 4 aromatic rings. The molecule has 2 aromatic carbocycles. The lowest BCUT2D eigenvalue weighted by Gasteiger charge is -2.41. The van der Waals surface area contributed by atoms with Crippen molar-refractivity contribution in [3.8, 4) is 5.69 Å². The quantitative estimate of drug-likeness (QED) is 0.232. The molecule has 38 heavy (non-hydrogen) atoms. The Balaban J connectivity index is 1.14. The number of aliphatic hydroxyl groups is 1. The van der Waals surface area contributed by atoms with Gasteiger partial charge in [-0.15, -0.1) is 11.3 Å². The van der Waals surface area contributed by atoms with Crippen molar-refractivity contribution >= 4 is 60.7 Å². The number of benzene rings is 2. The first kappa shape index (κ1) is 25.4. The predicted octanol–water partition coefficient (Wildman–Crippen LogP) is 8.16. The molecule has 3 fully saturated rings. The molecule has 0 radical (unpaired) electrons. The van der Waals surface area contributed by atoms with E-state index in [2.05, 4.69) is 26.0 Å². The third-order valence-electron chi connectivity index (χ3n) is 8.48. The van der Waals surface area contributed by atoms with E-state index in [0.717, 1.165) is 48.9 Å². The number of thiazole rings is 1. The van der Waals surface area contributed by atoms with Crippen LogP contribution in [0.5, 0.6) is 0 Å². The van der Waals surface area contributed by atoms with Crippen LogP contribution >= 0.6 is 50.5 Å². The van der Waals surface area contributed by atoms with Crippen molar-refractivity contribution in [1.29, 1.82) is 0 Å². The summed E-state index contributed by atoms with van der Waals surface area (Å²) in [6.45, 7) is 0.399. The van der Waals surface area contributed by atoms with Crippen LogP contribution in [0.15, 0.2) is 41.0 Å². The van der Waals surface area contributed by atoms with E-state index in [-0.39, 0.29) is 23.8 Å². The van der Waals surface area contributed by atoms with Crippen LogP contribution in [0, 0.1) is 17.7 Å². The molecule has 3 saturated carbocycles. The van der Waals surface area contributed by atoms with Crippen molar-refractivity contribution in [2.24, 2.45) is 11.8 Å². The molecule has 0 spiro atoms. The minimum Gasteiger partial charge on any atom is -0.382 e. The fourth-order valence-electron chi connectivity index (χ4n) is 6.46.